The van der Waals surface area contributed by atoms with Gasteiger partial charge in [-0.2, -0.15) is 0 Å². The van der Waals surface area contributed by atoms with Crippen molar-refractivity contribution in [1.82, 2.24) is 4.57 Å². The van der Waals surface area contributed by atoms with E-state index in [1.807, 2.05) is 42.5 Å². The highest BCUT2D eigenvalue weighted by Crippen LogP contribution is 2.55. The minimum absolute atomic E-state index is 0.249. The summed E-state index contributed by atoms with van der Waals surface area (Å²) < 4.78 is 2.19. The minimum Gasteiger partial charge on any atom is -0.324 e. The van der Waals surface area contributed by atoms with Crippen molar-refractivity contribution in [3.8, 4) is 0 Å². The molecule has 0 radical (unpaired) electrons. The standard InChI is InChI=1S/C32H20BrCl2N3O4S2/c33-17-11-13-18(14-12-17)38-29(40)25-24(20-8-4-9-21(34)26(20)35)28-31(43-27(25)30(38)41)37(32(42)44-28)15-23(39)36-22-10-3-6-16-5-1-2-7-19(16)22/h1-14,24-25,27H,15H2,(H,36,39). The van der Waals surface area contributed by atoms with E-state index >= 15 is 0 Å². The number of fused-ring (bicyclic) bond motifs is 3. The normalized spacial score (nSPS) is 19.2. The summed E-state index contributed by atoms with van der Waals surface area (Å²) in [4.78, 5) is 56.2. The van der Waals surface area contributed by atoms with Crippen molar-refractivity contribution in [3.63, 3.8) is 0 Å². The third-order valence-electron chi connectivity index (χ3n) is 7.82. The van der Waals surface area contributed by atoms with Crippen LogP contribution in [0.25, 0.3) is 10.8 Å². The lowest BCUT2D eigenvalue weighted by atomic mass is 9.83. The summed E-state index contributed by atoms with van der Waals surface area (Å²) in [5, 5.41) is 4.95. The quantitative estimate of drug-likeness (QED) is 0.189. The number of nitrogens with zero attached hydrogens (tertiary/aromatic N) is 2. The molecule has 1 N–H and O–H groups in total. The smallest absolute Gasteiger partial charge is 0.308 e. The van der Waals surface area contributed by atoms with Gasteiger partial charge in [-0.3, -0.25) is 23.7 Å². The average Bonchev–Trinajstić information content (AvgIpc) is 3.45. The summed E-state index contributed by atoms with van der Waals surface area (Å²) in [5.41, 5.74) is 1.62. The van der Waals surface area contributed by atoms with Gasteiger partial charge < -0.3 is 5.32 Å². The molecule has 4 aromatic carbocycles. The average molecular weight is 725 g/mol. The fourth-order valence-corrected chi connectivity index (χ4v) is 9.32. The first-order valence-corrected chi connectivity index (χ1v) is 16.7. The zero-order chi connectivity index (χ0) is 30.7. The highest BCUT2D eigenvalue weighted by molar-refractivity contribution is 9.10. The number of amides is 3. The molecule has 44 heavy (non-hydrogen) atoms. The molecule has 2 aliphatic heterocycles. The fraction of sp³-hybridized carbons (Fsp3) is 0.125. The van der Waals surface area contributed by atoms with Gasteiger partial charge in [0.2, 0.25) is 17.7 Å². The Hall–Kier alpha value is -3.41. The van der Waals surface area contributed by atoms with Crippen LogP contribution in [0.2, 0.25) is 10.0 Å². The van der Waals surface area contributed by atoms with E-state index in [9.17, 15) is 19.2 Å². The van der Waals surface area contributed by atoms with Crippen molar-refractivity contribution >= 4 is 102 Å². The molecule has 1 fully saturated rings. The van der Waals surface area contributed by atoms with E-state index in [1.54, 1.807) is 42.5 Å². The van der Waals surface area contributed by atoms with Crippen LogP contribution in [0.15, 0.2) is 99.2 Å². The molecule has 0 saturated carbocycles. The Morgan fingerprint density at radius 3 is 2.41 bits per heavy atom. The van der Waals surface area contributed by atoms with Crippen LogP contribution in [0.3, 0.4) is 0 Å². The Labute approximate surface area is 277 Å². The zero-order valence-corrected chi connectivity index (χ0v) is 27.2. The maximum absolute atomic E-state index is 14.1. The highest BCUT2D eigenvalue weighted by Gasteiger charge is 2.57. The zero-order valence-electron chi connectivity index (χ0n) is 22.5. The van der Waals surface area contributed by atoms with Crippen LogP contribution in [0.5, 0.6) is 0 Å². The molecular formula is C32H20BrCl2N3O4S2. The number of thioether (sulfide) groups is 1. The van der Waals surface area contributed by atoms with Crippen molar-refractivity contribution in [2.45, 2.75) is 22.7 Å². The van der Waals surface area contributed by atoms with Crippen molar-refractivity contribution < 1.29 is 14.4 Å². The number of rotatable bonds is 5. The predicted octanol–water partition coefficient (Wildman–Crippen LogP) is 7.57. The first-order valence-electron chi connectivity index (χ1n) is 13.5. The first kappa shape index (κ1) is 29.3. The number of halogens is 3. The molecule has 220 valence electrons. The Balaban J connectivity index is 1.30. The number of hydrogen-bond acceptors (Lipinski definition) is 6. The van der Waals surface area contributed by atoms with E-state index in [1.165, 1.54) is 9.47 Å². The molecule has 3 atom stereocenters. The summed E-state index contributed by atoms with van der Waals surface area (Å²) in [5.74, 6) is -2.74. The number of benzene rings is 4. The summed E-state index contributed by atoms with van der Waals surface area (Å²) in [7, 11) is 0. The summed E-state index contributed by atoms with van der Waals surface area (Å²) >= 11 is 18.6. The third-order valence-corrected chi connectivity index (χ3v) is 11.8. The van der Waals surface area contributed by atoms with Crippen molar-refractivity contribution in [2.24, 2.45) is 5.92 Å². The van der Waals surface area contributed by atoms with Crippen LogP contribution in [-0.4, -0.2) is 27.5 Å². The second-order valence-corrected chi connectivity index (χ2v) is 14.2. The van der Waals surface area contributed by atoms with Crippen LogP contribution < -0.4 is 15.1 Å². The Morgan fingerprint density at radius 2 is 1.61 bits per heavy atom. The number of carbonyl (C=O) groups excluding carboxylic acids is 3. The molecule has 1 aromatic heterocycles. The third kappa shape index (κ3) is 4.89. The minimum atomic E-state index is -0.847. The van der Waals surface area contributed by atoms with Gasteiger partial charge >= 0.3 is 4.87 Å². The van der Waals surface area contributed by atoms with Gasteiger partial charge in [0.05, 0.1) is 26.7 Å². The number of aromatic nitrogens is 1. The van der Waals surface area contributed by atoms with Gasteiger partial charge in [0.1, 0.15) is 11.8 Å². The lowest BCUT2D eigenvalue weighted by molar-refractivity contribution is -0.122. The first-order chi connectivity index (χ1) is 21.2. The number of imide groups is 1. The molecule has 3 amide bonds. The second kappa shape index (κ2) is 11.5. The van der Waals surface area contributed by atoms with Gasteiger partial charge in [-0.05, 0) is 47.3 Å². The van der Waals surface area contributed by atoms with Crippen molar-refractivity contribution in [1.29, 1.82) is 0 Å². The Bertz CT molecular complexity index is 2060. The molecule has 0 bridgehead atoms. The largest absolute Gasteiger partial charge is 0.324 e. The number of carbonyl (C=O) groups is 3. The van der Waals surface area contributed by atoms with Crippen LogP contribution in [0, 0.1) is 5.92 Å². The van der Waals surface area contributed by atoms with Gasteiger partial charge in [-0.1, -0.05) is 111 Å². The SMILES string of the molecule is O=C(Cn1c2c(sc1=O)C(c1cccc(Cl)c1Cl)C1C(=O)N(c3ccc(Br)cc3)C(=O)C1S2)Nc1cccc2ccccc12. The van der Waals surface area contributed by atoms with Gasteiger partial charge in [0, 0.05) is 26.3 Å². The highest BCUT2D eigenvalue weighted by atomic mass is 79.9. The number of hydrogen-bond donors (Lipinski definition) is 1. The number of anilines is 2. The topological polar surface area (TPSA) is 88.5 Å². The van der Waals surface area contributed by atoms with Gasteiger partial charge in [0.15, 0.2) is 0 Å². The Morgan fingerprint density at radius 1 is 0.886 bits per heavy atom. The van der Waals surface area contributed by atoms with Crippen LogP contribution in [-0.2, 0) is 20.9 Å². The molecule has 2 aliphatic rings. The Kier molecular flexibility index (Phi) is 7.66. The van der Waals surface area contributed by atoms with Crippen molar-refractivity contribution in [3.05, 3.63) is 120 Å². The van der Waals surface area contributed by atoms with E-state index in [0.29, 0.717) is 31.9 Å². The van der Waals surface area contributed by atoms with Crippen LogP contribution in [0.4, 0.5) is 11.4 Å². The maximum atomic E-state index is 14.1. The van der Waals surface area contributed by atoms with Gasteiger partial charge in [0.25, 0.3) is 0 Å². The predicted molar refractivity (Wildman–Crippen MR) is 179 cm³/mol. The summed E-state index contributed by atoms with van der Waals surface area (Å²) in [6.45, 7) is -0.271. The summed E-state index contributed by atoms with van der Waals surface area (Å²) in [6, 6.07) is 25.4. The molecule has 0 spiro atoms. The van der Waals surface area contributed by atoms with E-state index in [-0.39, 0.29) is 22.3 Å². The molecule has 7 nitrogen and oxygen atoms in total. The molecule has 7 rings (SSSR count). The van der Waals surface area contributed by atoms with Gasteiger partial charge in [-0.15, -0.1) is 0 Å². The number of thiazole rings is 1. The maximum Gasteiger partial charge on any atom is 0.308 e. The molecule has 0 aliphatic carbocycles. The van der Waals surface area contributed by atoms with Crippen molar-refractivity contribution in [2.75, 3.05) is 10.2 Å². The van der Waals surface area contributed by atoms with Gasteiger partial charge in [-0.25, -0.2) is 4.90 Å². The van der Waals surface area contributed by atoms with E-state index in [2.05, 4.69) is 21.2 Å². The molecule has 12 heteroatoms. The number of nitrogens with one attached hydrogen (secondary N) is 1. The van der Waals surface area contributed by atoms with E-state index < -0.39 is 28.9 Å². The molecule has 3 unspecified atom stereocenters. The summed E-state index contributed by atoms with van der Waals surface area (Å²) in [6.07, 6.45) is 0. The monoisotopic (exact) mass is 723 g/mol. The van der Waals surface area contributed by atoms with E-state index in [0.717, 1.165) is 38.3 Å². The van der Waals surface area contributed by atoms with E-state index in [4.69, 9.17) is 23.2 Å². The lowest BCUT2D eigenvalue weighted by Gasteiger charge is -2.31. The second-order valence-electron chi connectivity index (χ2n) is 10.4. The molecule has 3 heterocycles. The molecular weight excluding hydrogens is 705 g/mol. The molecule has 5 aromatic rings. The molecule has 1 saturated heterocycles. The fourth-order valence-electron chi connectivity index (χ4n) is 5.86. The van der Waals surface area contributed by atoms with Crippen LogP contribution >= 0.6 is 62.2 Å². The lowest BCUT2D eigenvalue weighted by Crippen LogP contribution is -2.33. The van der Waals surface area contributed by atoms with Crippen LogP contribution in [0.1, 0.15) is 16.4 Å².